The van der Waals surface area contributed by atoms with Gasteiger partial charge in [0.15, 0.2) is 6.61 Å². The van der Waals surface area contributed by atoms with E-state index < -0.39 is 0 Å². The maximum absolute atomic E-state index is 11.8. The Hall–Kier alpha value is -2.00. The summed E-state index contributed by atoms with van der Waals surface area (Å²) in [6.07, 6.45) is 0.939. The van der Waals surface area contributed by atoms with Crippen LogP contribution < -0.4 is 10.1 Å². The van der Waals surface area contributed by atoms with Crippen LogP contribution in [0.15, 0.2) is 42.5 Å². The highest BCUT2D eigenvalue weighted by Gasteiger charge is 2.05. The molecule has 1 N–H and O–H groups in total. The monoisotopic (exact) mass is 303 g/mol. The normalized spacial score (nSPS) is 10.2. The quantitative estimate of drug-likeness (QED) is 0.897. The van der Waals surface area contributed by atoms with Crippen molar-refractivity contribution in [3.8, 4) is 5.75 Å². The first kappa shape index (κ1) is 15.4. The molecule has 0 aromatic heterocycles. The van der Waals surface area contributed by atoms with Crippen molar-refractivity contribution in [1.29, 1.82) is 0 Å². The molecule has 0 bridgehead atoms. The Morgan fingerprint density at radius 2 is 1.90 bits per heavy atom. The molecule has 0 aliphatic heterocycles. The summed E-state index contributed by atoms with van der Waals surface area (Å²) >= 11 is 5.80. The van der Waals surface area contributed by atoms with E-state index >= 15 is 0 Å². The molecule has 2 aromatic rings. The van der Waals surface area contributed by atoms with Crippen LogP contribution in [0.5, 0.6) is 5.75 Å². The number of halogens is 1. The van der Waals surface area contributed by atoms with Crippen molar-refractivity contribution in [1.82, 2.24) is 0 Å². The van der Waals surface area contributed by atoms with Crippen LogP contribution in [0.1, 0.15) is 18.1 Å². The second-order valence-electron chi connectivity index (χ2n) is 4.85. The number of amides is 1. The SMILES string of the molecule is CCc1cc(C)cc(OCC(=O)Nc2ccc(Cl)cc2)c1. The lowest BCUT2D eigenvalue weighted by Crippen LogP contribution is -2.20. The zero-order valence-corrected chi connectivity index (χ0v) is 12.9. The number of hydrogen-bond acceptors (Lipinski definition) is 2. The standard InChI is InChI=1S/C17H18ClNO2/c1-3-13-8-12(2)9-16(10-13)21-11-17(20)19-15-6-4-14(18)5-7-15/h4-10H,3,11H2,1-2H3,(H,19,20). The first-order valence-corrected chi connectivity index (χ1v) is 7.23. The summed E-state index contributed by atoms with van der Waals surface area (Å²) in [4.78, 5) is 11.8. The molecule has 0 spiro atoms. The minimum Gasteiger partial charge on any atom is -0.484 e. The highest BCUT2D eigenvalue weighted by molar-refractivity contribution is 6.30. The predicted octanol–water partition coefficient (Wildman–Crippen LogP) is 4.23. The molecular weight excluding hydrogens is 286 g/mol. The van der Waals surface area contributed by atoms with Crippen molar-refractivity contribution in [3.63, 3.8) is 0 Å². The van der Waals surface area contributed by atoms with E-state index in [0.29, 0.717) is 10.7 Å². The van der Waals surface area contributed by atoms with Crippen LogP contribution in [0.25, 0.3) is 0 Å². The van der Waals surface area contributed by atoms with Crippen molar-refractivity contribution in [3.05, 3.63) is 58.6 Å². The van der Waals surface area contributed by atoms with Crippen molar-refractivity contribution >= 4 is 23.2 Å². The van der Waals surface area contributed by atoms with Crippen LogP contribution in [0.3, 0.4) is 0 Å². The molecule has 2 rings (SSSR count). The molecule has 21 heavy (non-hydrogen) atoms. The highest BCUT2D eigenvalue weighted by Crippen LogP contribution is 2.18. The third kappa shape index (κ3) is 4.80. The number of rotatable bonds is 5. The smallest absolute Gasteiger partial charge is 0.262 e. The lowest BCUT2D eigenvalue weighted by Gasteiger charge is -2.09. The van der Waals surface area contributed by atoms with Gasteiger partial charge in [0.2, 0.25) is 0 Å². The Morgan fingerprint density at radius 3 is 2.57 bits per heavy atom. The number of carbonyl (C=O) groups is 1. The fraction of sp³-hybridized carbons (Fsp3) is 0.235. The van der Waals surface area contributed by atoms with Crippen LogP contribution in [0, 0.1) is 6.92 Å². The van der Waals surface area contributed by atoms with E-state index in [1.165, 1.54) is 5.56 Å². The zero-order chi connectivity index (χ0) is 15.2. The maximum atomic E-state index is 11.8. The third-order valence-corrected chi connectivity index (χ3v) is 3.27. The van der Waals surface area contributed by atoms with Gasteiger partial charge in [-0.3, -0.25) is 4.79 Å². The van der Waals surface area contributed by atoms with E-state index in [2.05, 4.69) is 18.3 Å². The molecule has 0 aliphatic carbocycles. The van der Waals surface area contributed by atoms with Crippen LogP contribution in [0.4, 0.5) is 5.69 Å². The molecule has 4 heteroatoms. The van der Waals surface area contributed by atoms with Gasteiger partial charge < -0.3 is 10.1 Å². The molecule has 1 amide bonds. The lowest BCUT2D eigenvalue weighted by molar-refractivity contribution is -0.118. The summed E-state index contributed by atoms with van der Waals surface area (Å²) in [5, 5.41) is 3.40. The third-order valence-electron chi connectivity index (χ3n) is 3.02. The van der Waals surface area contributed by atoms with Crippen LogP contribution >= 0.6 is 11.6 Å². The molecule has 0 saturated heterocycles. The van der Waals surface area contributed by atoms with Crippen LogP contribution in [0.2, 0.25) is 5.02 Å². The van der Waals surface area contributed by atoms with Crippen molar-refractivity contribution < 1.29 is 9.53 Å². The topological polar surface area (TPSA) is 38.3 Å². The summed E-state index contributed by atoms with van der Waals surface area (Å²) in [6, 6.07) is 13.0. The highest BCUT2D eigenvalue weighted by atomic mass is 35.5. The molecule has 0 radical (unpaired) electrons. The van der Waals surface area contributed by atoms with Crippen LogP contribution in [-0.2, 0) is 11.2 Å². The molecule has 2 aromatic carbocycles. The van der Waals surface area contributed by atoms with Gasteiger partial charge in [0.25, 0.3) is 5.91 Å². The van der Waals surface area contributed by atoms with E-state index in [1.807, 2.05) is 19.1 Å². The lowest BCUT2D eigenvalue weighted by atomic mass is 10.1. The van der Waals surface area contributed by atoms with Crippen LogP contribution in [-0.4, -0.2) is 12.5 Å². The number of nitrogens with one attached hydrogen (secondary N) is 1. The molecule has 110 valence electrons. The molecule has 0 fully saturated rings. The summed E-state index contributed by atoms with van der Waals surface area (Å²) in [5.74, 6) is 0.523. The first-order valence-electron chi connectivity index (χ1n) is 6.85. The minimum atomic E-state index is -0.197. The number of aryl methyl sites for hydroxylation is 2. The van der Waals surface area contributed by atoms with Gasteiger partial charge in [-0.25, -0.2) is 0 Å². The molecular formula is C17H18ClNO2. The molecule has 3 nitrogen and oxygen atoms in total. The molecule has 0 atom stereocenters. The van der Waals surface area contributed by atoms with Gasteiger partial charge in [-0.2, -0.15) is 0 Å². The summed E-state index contributed by atoms with van der Waals surface area (Å²) in [5.41, 5.74) is 3.03. The van der Waals surface area contributed by atoms with Gasteiger partial charge in [0.05, 0.1) is 0 Å². The number of anilines is 1. The van der Waals surface area contributed by atoms with E-state index in [9.17, 15) is 4.79 Å². The second-order valence-corrected chi connectivity index (χ2v) is 5.29. The van der Waals surface area contributed by atoms with E-state index in [-0.39, 0.29) is 12.5 Å². The van der Waals surface area contributed by atoms with Gasteiger partial charge in [-0.05, 0) is 60.9 Å². The van der Waals surface area contributed by atoms with Gasteiger partial charge in [0.1, 0.15) is 5.75 Å². The Bertz CT molecular complexity index is 623. The van der Waals surface area contributed by atoms with Crippen molar-refractivity contribution in [2.24, 2.45) is 0 Å². The molecule has 0 saturated carbocycles. The predicted molar refractivity (Wildman–Crippen MR) is 86.1 cm³/mol. The number of ether oxygens (including phenoxy) is 1. The fourth-order valence-corrected chi connectivity index (χ4v) is 2.12. The van der Waals surface area contributed by atoms with E-state index in [1.54, 1.807) is 24.3 Å². The fourth-order valence-electron chi connectivity index (χ4n) is 1.99. The molecule has 0 unspecified atom stereocenters. The minimum absolute atomic E-state index is 0.0186. The van der Waals surface area contributed by atoms with E-state index in [0.717, 1.165) is 17.7 Å². The number of benzene rings is 2. The van der Waals surface area contributed by atoms with Crippen molar-refractivity contribution in [2.75, 3.05) is 11.9 Å². The summed E-state index contributed by atoms with van der Waals surface area (Å²) in [6.45, 7) is 4.08. The van der Waals surface area contributed by atoms with Gasteiger partial charge in [-0.1, -0.05) is 24.6 Å². The summed E-state index contributed by atoms with van der Waals surface area (Å²) in [7, 11) is 0. The van der Waals surface area contributed by atoms with Gasteiger partial charge in [-0.15, -0.1) is 0 Å². The second kappa shape index (κ2) is 7.14. The maximum Gasteiger partial charge on any atom is 0.262 e. The zero-order valence-electron chi connectivity index (χ0n) is 12.2. The Morgan fingerprint density at radius 1 is 1.19 bits per heavy atom. The summed E-state index contributed by atoms with van der Waals surface area (Å²) < 4.78 is 5.55. The van der Waals surface area contributed by atoms with Gasteiger partial charge in [0, 0.05) is 10.7 Å². The average Bonchev–Trinajstić information content (AvgIpc) is 2.47. The van der Waals surface area contributed by atoms with Gasteiger partial charge >= 0.3 is 0 Å². The molecule has 0 aliphatic rings. The molecule has 0 heterocycles. The Kier molecular flexibility index (Phi) is 5.23. The number of carbonyl (C=O) groups excluding carboxylic acids is 1. The Balaban J connectivity index is 1.92. The number of hydrogen-bond donors (Lipinski definition) is 1. The first-order chi connectivity index (χ1) is 10.1. The van der Waals surface area contributed by atoms with E-state index in [4.69, 9.17) is 16.3 Å². The Labute approximate surface area is 129 Å². The average molecular weight is 304 g/mol. The largest absolute Gasteiger partial charge is 0.484 e. The van der Waals surface area contributed by atoms with Crippen molar-refractivity contribution in [2.45, 2.75) is 20.3 Å².